The van der Waals surface area contributed by atoms with Crippen LogP contribution in [0.1, 0.15) is 32.6 Å². The summed E-state index contributed by atoms with van der Waals surface area (Å²) in [5, 5.41) is 8.25. The van der Waals surface area contributed by atoms with Crippen molar-refractivity contribution in [3.8, 4) is 0 Å². The molecule has 0 radical (unpaired) electrons. The largest absolute Gasteiger partial charge is 0.857 e. The van der Waals surface area contributed by atoms with Gasteiger partial charge in [-0.15, -0.1) is 0 Å². The summed E-state index contributed by atoms with van der Waals surface area (Å²) in [7, 11) is 7.52. The molecule has 12 heavy (non-hydrogen) atoms. The Morgan fingerprint density at radius 1 is 0.917 bits per heavy atom. The molecule has 76 valence electrons. The van der Waals surface area contributed by atoms with Gasteiger partial charge in [-0.05, 0) is 12.8 Å². The van der Waals surface area contributed by atoms with Crippen LogP contribution in [0.4, 0.5) is 0 Å². The molecule has 2 nitrogen and oxygen atoms in total. The lowest BCUT2D eigenvalue weighted by molar-refractivity contribution is -0.870. The van der Waals surface area contributed by atoms with Gasteiger partial charge >= 0.3 is 0 Å². The second-order valence-corrected chi connectivity index (χ2v) is 4.07. The summed E-state index contributed by atoms with van der Waals surface area (Å²) < 4.78 is 1.11. The van der Waals surface area contributed by atoms with Gasteiger partial charge in [0.2, 0.25) is 0 Å². The van der Waals surface area contributed by atoms with Crippen LogP contribution in [0.25, 0.3) is 0 Å². The van der Waals surface area contributed by atoms with E-state index >= 15 is 0 Å². The molecular weight excluding hydrogens is 150 g/mol. The van der Waals surface area contributed by atoms with E-state index in [1.165, 1.54) is 32.2 Å². The molecule has 0 rings (SSSR count). The van der Waals surface area contributed by atoms with Crippen molar-refractivity contribution >= 4 is 0 Å². The van der Waals surface area contributed by atoms with Crippen molar-refractivity contribution in [2.75, 3.05) is 34.8 Å². The monoisotopic (exact) mass is 175 g/mol. The maximum absolute atomic E-state index is 8.25. The fourth-order valence-electron chi connectivity index (χ4n) is 1.01. The number of unbranched alkanes of at least 4 members (excludes halogenated alkanes) is 3. The van der Waals surface area contributed by atoms with Gasteiger partial charge in [0.05, 0.1) is 27.7 Å². The van der Waals surface area contributed by atoms with Gasteiger partial charge in [0.25, 0.3) is 0 Å². The first-order valence-electron chi connectivity index (χ1n) is 4.77. The van der Waals surface area contributed by atoms with Gasteiger partial charge in [-0.1, -0.05) is 19.8 Å². The van der Waals surface area contributed by atoms with Gasteiger partial charge in [-0.2, -0.15) is 7.11 Å². The molecule has 0 fully saturated rings. The minimum atomic E-state index is 0.750. The van der Waals surface area contributed by atoms with Crippen LogP contribution in [-0.2, 0) is 0 Å². The lowest BCUT2D eigenvalue weighted by Gasteiger charge is -2.23. The van der Waals surface area contributed by atoms with Gasteiger partial charge in [0.1, 0.15) is 0 Å². The maximum Gasteiger partial charge on any atom is 0.0780 e. The lowest BCUT2D eigenvalue weighted by Crippen LogP contribution is -2.35. The lowest BCUT2D eigenvalue weighted by atomic mass is 10.2. The molecule has 0 saturated heterocycles. The zero-order valence-electron chi connectivity index (χ0n) is 9.39. The highest BCUT2D eigenvalue weighted by Crippen LogP contribution is 2.01. The SMILES string of the molecule is CCCCCC[N+](C)(C)C.C[O-]. The van der Waals surface area contributed by atoms with E-state index in [4.69, 9.17) is 5.11 Å². The normalized spacial score (nSPS) is 10.5. The smallest absolute Gasteiger partial charge is 0.0780 e. The van der Waals surface area contributed by atoms with Crippen molar-refractivity contribution in [3.05, 3.63) is 0 Å². The molecule has 0 atom stereocenters. The van der Waals surface area contributed by atoms with Gasteiger partial charge in [-0.3, -0.25) is 0 Å². The van der Waals surface area contributed by atoms with Gasteiger partial charge < -0.3 is 9.59 Å². The van der Waals surface area contributed by atoms with Gasteiger partial charge in [-0.25, -0.2) is 0 Å². The van der Waals surface area contributed by atoms with Crippen LogP contribution in [-0.4, -0.2) is 39.3 Å². The van der Waals surface area contributed by atoms with Gasteiger partial charge in [0, 0.05) is 0 Å². The molecule has 0 aliphatic heterocycles. The Balaban J connectivity index is 0. The first-order chi connectivity index (χ1) is 5.56. The molecule has 2 heteroatoms. The van der Waals surface area contributed by atoms with Gasteiger partial charge in [0.15, 0.2) is 0 Å². The summed E-state index contributed by atoms with van der Waals surface area (Å²) in [4.78, 5) is 0. The zero-order chi connectivity index (χ0) is 10.0. The number of hydrogen-bond acceptors (Lipinski definition) is 1. The molecule has 0 bridgehead atoms. The highest BCUT2D eigenvalue weighted by Gasteiger charge is 2.04. The summed E-state index contributed by atoms with van der Waals surface area (Å²) >= 11 is 0. The summed E-state index contributed by atoms with van der Waals surface area (Å²) in [6.07, 6.45) is 5.54. The summed E-state index contributed by atoms with van der Waals surface area (Å²) in [6.45, 7) is 3.58. The molecule has 0 aliphatic carbocycles. The second-order valence-electron chi connectivity index (χ2n) is 4.07. The molecule has 0 aromatic rings. The Bertz CT molecular complexity index is 76.4. The van der Waals surface area contributed by atoms with Crippen molar-refractivity contribution in [2.45, 2.75) is 32.6 Å². The Morgan fingerprint density at radius 2 is 1.42 bits per heavy atom. The third kappa shape index (κ3) is 16.5. The number of nitrogens with zero attached hydrogens (tertiary/aromatic N) is 1. The fraction of sp³-hybridized carbons (Fsp3) is 1.00. The Morgan fingerprint density at radius 3 is 1.75 bits per heavy atom. The first-order valence-corrected chi connectivity index (χ1v) is 4.77. The number of rotatable bonds is 5. The van der Waals surface area contributed by atoms with Crippen LogP contribution in [0, 0.1) is 0 Å². The Hall–Kier alpha value is -0.0800. The highest BCUT2D eigenvalue weighted by molar-refractivity contribution is 4.38. The molecule has 0 aromatic heterocycles. The minimum absolute atomic E-state index is 0.750. The topological polar surface area (TPSA) is 23.1 Å². The molecule has 0 spiro atoms. The molecule has 0 amide bonds. The summed E-state index contributed by atoms with van der Waals surface area (Å²) in [5.74, 6) is 0. The zero-order valence-corrected chi connectivity index (χ0v) is 9.39. The predicted octanol–water partition coefficient (Wildman–Crippen LogP) is 1.25. The van der Waals surface area contributed by atoms with Crippen molar-refractivity contribution < 1.29 is 9.59 Å². The Labute approximate surface area is 77.8 Å². The van der Waals surface area contributed by atoms with Crippen LogP contribution in [0.5, 0.6) is 0 Å². The van der Waals surface area contributed by atoms with Crippen molar-refractivity contribution in [3.63, 3.8) is 0 Å². The minimum Gasteiger partial charge on any atom is -0.857 e. The average Bonchev–Trinajstić information content (AvgIpc) is 2.01. The third-order valence-electron chi connectivity index (χ3n) is 1.68. The quantitative estimate of drug-likeness (QED) is 0.455. The highest BCUT2D eigenvalue weighted by atomic mass is 16.2. The van der Waals surface area contributed by atoms with E-state index in [9.17, 15) is 0 Å². The van der Waals surface area contributed by atoms with Crippen molar-refractivity contribution in [1.82, 2.24) is 0 Å². The second kappa shape index (κ2) is 9.01. The van der Waals surface area contributed by atoms with E-state index in [2.05, 4.69) is 28.1 Å². The van der Waals surface area contributed by atoms with Crippen LogP contribution in [0.2, 0.25) is 0 Å². The van der Waals surface area contributed by atoms with Crippen LogP contribution in [0.3, 0.4) is 0 Å². The van der Waals surface area contributed by atoms with Crippen LogP contribution in [0.15, 0.2) is 0 Å². The molecule has 0 aliphatic rings. The Kier molecular flexibility index (Phi) is 10.8. The molecule has 0 aromatic carbocycles. The standard InChI is InChI=1S/C9H22N.CH3O/c1-5-6-7-8-9-10(2,3)4;1-2/h5-9H2,1-4H3;1H3/q+1;-1. The maximum atomic E-state index is 8.25. The molecule has 0 unspecified atom stereocenters. The van der Waals surface area contributed by atoms with E-state index in [0.29, 0.717) is 0 Å². The predicted molar refractivity (Wildman–Crippen MR) is 53.0 cm³/mol. The fourth-order valence-corrected chi connectivity index (χ4v) is 1.01. The van der Waals surface area contributed by atoms with E-state index in [0.717, 1.165) is 11.6 Å². The summed E-state index contributed by atoms with van der Waals surface area (Å²) in [5.41, 5.74) is 0. The third-order valence-corrected chi connectivity index (χ3v) is 1.68. The van der Waals surface area contributed by atoms with E-state index in [1.54, 1.807) is 0 Å². The summed E-state index contributed by atoms with van der Waals surface area (Å²) in [6, 6.07) is 0. The first kappa shape index (κ1) is 14.4. The number of hydrogen-bond donors (Lipinski definition) is 0. The van der Waals surface area contributed by atoms with Crippen LogP contribution < -0.4 is 5.11 Å². The van der Waals surface area contributed by atoms with E-state index < -0.39 is 0 Å². The molecule has 0 saturated carbocycles. The number of quaternary nitrogens is 1. The van der Waals surface area contributed by atoms with Crippen molar-refractivity contribution in [2.24, 2.45) is 0 Å². The van der Waals surface area contributed by atoms with E-state index in [-0.39, 0.29) is 0 Å². The molecular formula is C10H25NO. The van der Waals surface area contributed by atoms with Crippen LogP contribution >= 0.6 is 0 Å². The molecule has 0 N–H and O–H groups in total. The van der Waals surface area contributed by atoms with Crippen molar-refractivity contribution in [1.29, 1.82) is 0 Å². The average molecular weight is 175 g/mol. The van der Waals surface area contributed by atoms with E-state index in [1.807, 2.05) is 0 Å². The molecule has 0 heterocycles.